The molecule has 0 saturated heterocycles. The van der Waals surface area contributed by atoms with Crippen molar-refractivity contribution in [2.75, 3.05) is 6.61 Å². The molecular formula is C11H17NO3S. The van der Waals surface area contributed by atoms with Crippen molar-refractivity contribution in [1.82, 2.24) is 4.98 Å². The summed E-state index contributed by atoms with van der Waals surface area (Å²) in [6, 6.07) is 0. The van der Waals surface area contributed by atoms with E-state index in [1.807, 2.05) is 13.8 Å². The van der Waals surface area contributed by atoms with Crippen LogP contribution < -0.4 is 0 Å². The zero-order valence-corrected chi connectivity index (χ0v) is 10.6. The van der Waals surface area contributed by atoms with Gasteiger partial charge in [0.15, 0.2) is 5.60 Å². The van der Waals surface area contributed by atoms with Crippen molar-refractivity contribution in [1.29, 1.82) is 0 Å². The van der Waals surface area contributed by atoms with E-state index in [-0.39, 0.29) is 0 Å². The fourth-order valence-electron chi connectivity index (χ4n) is 1.25. The lowest BCUT2D eigenvalue weighted by molar-refractivity contribution is -0.163. The highest BCUT2D eigenvalue weighted by Crippen LogP contribution is 2.18. The van der Waals surface area contributed by atoms with E-state index >= 15 is 0 Å². The smallest absolute Gasteiger partial charge is 0.335 e. The maximum absolute atomic E-state index is 11.0. The normalized spacial score (nSPS) is 14.7. The van der Waals surface area contributed by atoms with Gasteiger partial charge in [0.05, 0.1) is 17.8 Å². The van der Waals surface area contributed by atoms with E-state index in [4.69, 9.17) is 9.84 Å². The van der Waals surface area contributed by atoms with E-state index < -0.39 is 11.6 Å². The summed E-state index contributed by atoms with van der Waals surface area (Å²) in [5.74, 6) is -0.906. The Kier molecular flexibility index (Phi) is 4.44. The van der Waals surface area contributed by atoms with E-state index in [0.717, 1.165) is 17.0 Å². The Morgan fingerprint density at radius 1 is 1.69 bits per heavy atom. The van der Waals surface area contributed by atoms with Gasteiger partial charge >= 0.3 is 5.97 Å². The Bertz CT molecular complexity index is 364. The van der Waals surface area contributed by atoms with Crippen LogP contribution in [-0.2, 0) is 16.0 Å². The van der Waals surface area contributed by atoms with Crippen molar-refractivity contribution in [2.24, 2.45) is 0 Å². The largest absolute Gasteiger partial charge is 0.479 e. The highest BCUT2D eigenvalue weighted by molar-refractivity contribution is 7.09. The van der Waals surface area contributed by atoms with E-state index in [9.17, 15) is 4.79 Å². The van der Waals surface area contributed by atoms with Gasteiger partial charge in [-0.05, 0) is 20.3 Å². The molecular weight excluding hydrogens is 226 g/mol. The molecule has 0 aliphatic carbocycles. The molecule has 5 heteroatoms. The number of thiazole rings is 1. The number of nitrogens with zero attached hydrogens (tertiary/aromatic N) is 1. The lowest BCUT2D eigenvalue weighted by atomic mass is 10.0. The molecule has 1 unspecified atom stereocenters. The summed E-state index contributed by atoms with van der Waals surface area (Å²) in [4.78, 5) is 16.3. The van der Waals surface area contributed by atoms with Crippen LogP contribution in [-0.4, -0.2) is 28.3 Å². The van der Waals surface area contributed by atoms with Crippen LogP contribution in [0.5, 0.6) is 0 Å². The van der Waals surface area contributed by atoms with Gasteiger partial charge in [-0.3, -0.25) is 0 Å². The minimum Gasteiger partial charge on any atom is -0.479 e. The quantitative estimate of drug-likeness (QED) is 0.832. The number of carboxylic acid groups (broad SMARTS) is 1. The topological polar surface area (TPSA) is 59.4 Å². The van der Waals surface area contributed by atoms with Crippen LogP contribution in [0, 0.1) is 6.92 Å². The molecule has 1 rings (SSSR count). The molecule has 1 atom stereocenters. The third-order valence-corrected chi connectivity index (χ3v) is 3.72. The van der Waals surface area contributed by atoms with E-state index in [1.165, 1.54) is 0 Å². The van der Waals surface area contributed by atoms with Gasteiger partial charge in [0, 0.05) is 11.3 Å². The number of aromatic nitrogens is 1. The second-order valence-corrected chi connectivity index (χ2v) is 4.79. The van der Waals surface area contributed by atoms with Crippen molar-refractivity contribution in [3.8, 4) is 0 Å². The first-order valence-corrected chi connectivity index (χ1v) is 6.14. The maximum atomic E-state index is 11.0. The van der Waals surface area contributed by atoms with Crippen LogP contribution >= 0.6 is 11.3 Å². The summed E-state index contributed by atoms with van der Waals surface area (Å²) in [6.45, 7) is 5.78. The molecule has 0 radical (unpaired) electrons. The molecule has 1 aromatic rings. The zero-order chi connectivity index (χ0) is 12.2. The Labute approximate surface area is 99.3 Å². The Balaban J connectivity index is 2.46. The second-order valence-electron chi connectivity index (χ2n) is 3.85. The van der Waals surface area contributed by atoms with Crippen molar-refractivity contribution in [3.63, 3.8) is 0 Å². The maximum Gasteiger partial charge on any atom is 0.335 e. The highest BCUT2D eigenvalue weighted by atomic mass is 32.1. The molecule has 1 N–H and O–H groups in total. The molecule has 0 amide bonds. The number of hydrogen-bond donors (Lipinski definition) is 1. The van der Waals surface area contributed by atoms with Gasteiger partial charge in [-0.2, -0.15) is 0 Å². The number of hydrogen-bond acceptors (Lipinski definition) is 4. The van der Waals surface area contributed by atoms with Gasteiger partial charge < -0.3 is 9.84 Å². The number of carbonyl (C=O) groups is 1. The van der Waals surface area contributed by atoms with E-state index in [1.54, 1.807) is 23.8 Å². The SMILES string of the molecule is CCC(C)(OCCc1scnc1C)C(=O)O. The number of carboxylic acids is 1. The fourth-order valence-corrected chi connectivity index (χ4v) is 2.01. The van der Waals surface area contributed by atoms with Gasteiger partial charge in [-0.25, -0.2) is 9.78 Å². The first kappa shape index (κ1) is 13.1. The number of aryl methyl sites for hydroxylation is 1. The Morgan fingerprint density at radius 2 is 2.38 bits per heavy atom. The van der Waals surface area contributed by atoms with Gasteiger partial charge in [0.1, 0.15) is 0 Å². The van der Waals surface area contributed by atoms with Crippen LogP contribution in [0.25, 0.3) is 0 Å². The summed E-state index contributed by atoms with van der Waals surface area (Å²) in [5.41, 5.74) is 1.72. The van der Waals surface area contributed by atoms with Crippen LogP contribution in [0.3, 0.4) is 0 Å². The molecule has 90 valence electrons. The van der Waals surface area contributed by atoms with Crippen LogP contribution in [0.2, 0.25) is 0 Å². The van der Waals surface area contributed by atoms with Crippen molar-refractivity contribution < 1.29 is 14.6 Å². The molecule has 0 aliphatic rings. The lowest BCUT2D eigenvalue weighted by Gasteiger charge is -2.23. The summed E-state index contributed by atoms with van der Waals surface area (Å²) < 4.78 is 5.45. The monoisotopic (exact) mass is 243 g/mol. The molecule has 0 aromatic carbocycles. The van der Waals surface area contributed by atoms with Crippen molar-refractivity contribution >= 4 is 17.3 Å². The van der Waals surface area contributed by atoms with Crippen molar-refractivity contribution in [3.05, 3.63) is 16.1 Å². The highest BCUT2D eigenvalue weighted by Gasteiger charge is 2.31. The Morgan fingerprint density at radius 3 is 2.81 bits per heavy atom. The average Bonchev–Trinajstić information content (AvgIpc) is 2.64. The third-order valence-electron chi connectivity index (χ3n) is 2.72. The molecule has 16 heavy (non-hydrogen) atoms. The molecule has 1 heterocycles. The van der Waals surface area contributed by atoms with Crippen LogP contribution in [0.15, 0.2) is 5.51 Å². The number of rotatable bonds is 6. The minimum absolute atomic E-state index is 0.416. The summed E-state index contributed by atoms with van der Waals surface area (Å²) in [5, 5.41) is 9.01. The zero-order valence-electron chi connectivity index (χ0n) is 9.82. The number of aliphatic carboxylic acids is 1. The summed E-state index contributed by atoms with van der Waals surface area (Å²) >= 11 is 1.58. The first-order chi connectivity index (χ1) is 7.49. The van der Waals surface area contributed by atoms with Gasteiger partial charge in [0.25, 0.3) is 0 Å². The Hall–Kier alpha value is -0.940. The van der Waals surface area contributed by atoms with Crippen LogP contribution in [0.4, 0.5) is 0 Å². The predicted octanol–water partition coefficient (Wildman–Crippen LogP) is 2.26. The molecule has 0 spiro atoms. The standard InChI is InChI=1S/C11H17NO3S/c1-4-11(3,10(13)14)15-6-5-9-8(2)12-7-16-9/h7H,4-6H2,1-3H3,(H,13,14). The van der Waals surface area contributed by atoms with E-state index in [0.29, 0.717) is 13.0 Å². The molecule has 0 fully saturated rings. The van der Waals surface area contributed by atoms with Gasteiger partial charge in [-0.1, -0.05) is 6.92 Å². The summed E-state index contributed by atoms with van der Waals surface area (Å²) in [6.07, 6.45) is 1.18. The lowest BCUT2D eigenvalue weighted by Crippen LogP contribution is -2.38. The molecule has 0 saturated carbocycles. The first-order valence-electron chi connectivity index (χ1n) is 5.26. The van der Waals surface area contributed by atoms with Gasteiger partial charge in [-0.15, -0.1) is 11.3 Å². The molecule has 0 bridgehead atoms. The van der Waals surface area contributed by atoms with Crippen molar-refractivity contribution in [2.45, 2.75) is 39.2 Å². The minimum atomic E-state index is -1.07. The fraction of sp³-hybridized carbons (Fsp3) is 0.636. The van der Waals surface area contributed by atoms with E-state index in [2.05, 4.69) is 4.98 Å². The third kappa shape index (κ3) is 3.02. The summed E-state index contributed by atoms with van der Waals surface area (Å²) in [7, 11) is 0. The predicted molar refractivity (Wildman–Crippen MR) is 62.8 cm³/mol. The second kappa shape index (κ2) is 5.41. The molecule has 0 aliphatic heterocycles. The van der Waals surface area contributed by atoms with Crippen LogP contribution in [0.1, 0.15) is 30.8 Å². The molecule has 4 nitrogen and oxygen atoms in total. The number of ether oxygens (including phenoxy) is 1. The van der Waals surface area contributed by atoms with Gasteiger partial charge in [0.2, 0.25) is 0 Å². The average molecular weight is 243 g/mol. The molecule has 1 aromatic heterocycles.